The van der Waals surface area contributed by atoms with Crippen LogP contribution < -0.4 is 5.32 Å². The van der Waals surface area contributed by atoms with Crippen LogP contribution in [-0.2, 0) is 0 Å². The van der Waals surface area contributed by atoms with E-state index in [4.69, 9.17) is 0 Å². The number of carbonyl (C=O) groups is 1. The van der Waals surface area contributed by atoms with Crippen LogP contribution in [0, 0.1) is 0 Å². The molecule has 0 unspecified atom stereocenters. The van der Waals surface area contributed by atoms with Gasteiger partial charge in [0.15, 0.2) is 0 Å². The lowest BCUT2D eigenvalue weighted by Gasteiger charge is -2.19. The first-order valence-corrected chi connectivity index (χ1v) is 5.71. The van der Waals surface area contributed by atoms with Crippen molar-refractivity contribution in [3.05, 3.63) is 0 Å². The van der Waals surface area contributed by atoms with Crippen LogP contribution in [0.2, 0.25) is 0 Å². The minimum absolute atomic E-state index is 0.0437. The fraction of sp³-hybridized carbons (Fsp3) is 0.909. The molecule has 2 amide bonds. The van der Waals surface area contributed by atoms with Gasteiger partial charge in [-0.15, -0.1) is 0 Å². The SMILES string of the molecule is CCCCNC(=O)N(C)CCCN(C)C. The molecule has 0 aliphatic heterocycles. The zero-order valence-corrected chi connectivity index (χ0v) is 10.5. The molecule has 4 nitrogen and oxygen atoms in total. The van der Waals surface area contributed by atoms with E-state index in [-0.39, 0.29) is 6.03 Å². The van der Waals surface area contributed by atoms with Crippen LogP contribution in [0.4, 0.5) is 4.79 Å². The van der Waals surface area contributed by atoms with Gasteiger partial charge in [0.05, 0.1) is 0 Å². The largest absolute Gasteiger partial charge is 0.338 e. The predicted molar refractivity (Wildman–Crippen MR) is 64.1 cm³/mol. The first-order chi connectivity index (χ1) is 7.07. The Morgan fingerprint density at radius 2 is 1.80 bits per heavy atom. The molecular formula is C11H25N3O. The average molecular weight is 215 g/mol. The molecule has 0 aromatic heterocycles. The van der Waals surface area contributed by atoms with Crippen LogP contribution in [-0.4, -0.2) is 56.6 Å². The van der Waals surface area contributed by atoms with Crippen molar-refractivity contribution >= 4 is 6.03 Å². The van der Waals surface area contributed by atoms with Gasteiger partial charge in [-0.2, -0.15) is 0 Å². The summed E-state index contributed by atoms with van der Waals surface area (Å²) in [5.74, 6) is 0. The standard InChI is InChI=1S/C11H25N3O/c1-5-6-8-12-11(15)14(4)10-7-9-13(2)3/h5-10H2,1-4H3,(H,12,15). The lowest BCUT2D eigenvalue weighted by molar-refractivity contribution is 0.206. The average Bonchev–Trinajstić information content (AvgIpc) is 2.17. The molecule has 0 rings (SSSR count). The van der Waals surface area contributed by atoms with E-state index in [0.29, 0.717) is 0 Å². The summed E-state index contributed by atoms with van der Waals surface area (Å²) in [6.07, 6.45) is 3.19. The van der Waals surface area contributed by atoms with Gasteiger partial charge in [-0.05, 0) is 33.5 Å². The molecule has 0 radical (unpaired) electrons. The molecule has 15 heavy (non-hydrogen) atoms. The monoisotopic (exact) mass is 215 g/mol. The zero-order chi connectivity index (χ0) is 11.7. The summed E-state index contributed by atoms with van der Waals surface area (Å²) in [5.41, 5.74) is 0. The molecule has 0 atom stereocenters. The fourth-order valence-corrected chi connectivity index (χ4v) is 1.23. The molecule has 0 aliphatic rings. The molecule has 0 spiro atoms. The van der Waals surface area contributed by atoms with Crippen LogP contribution in [0.25, 0.3) is 0 Å². The maximum absolute atomic E-state index is 11.5. The summed E-state index contributed by atoms with van der Waals surface area (Å²) >= 11 is 0. The second-order valence-electron chi connectivity index (χ2n) is 4.16. The Kier molecular flexibility index (Phi) is 8.09. The third-order valence-corrected chi connectivity index (χ3v) is 2.25. The van der Waals surface area contributed by atoms with Crippen molar-refractivity contribution in [3.8, 4) is 0 Å². The summed E-state index contributed by atoms with van der Waals surface area (Å²) in [5, 5.41) is 2.89. The van der Waals surface area contributed by atoms with E-state index in [1.165, 1.54) is 0 Å². The molecule has 0 bridgehead atoms. The second-order valence-corrected chi connectivity index (χ2v) is 4.16. The smallest absolute Gasteiger partial charge is 0.317 e. The predicted octanol–water partition coefficient (Wildman–Crippen LogP) is 1.38. The van der Waals surface area contributed by atoms with Gasteiger partial charge in [0.2, 0.25) is 0 Å². The highest BCUT2D eigenvalue weighted by molar-refractivity contribution is 5.73. The maximum Gasteiger partial charge on any atom is 0.317 e. The molecule has 90 valence electrons. The number of urea groups is 1. The van der Waals surface area contributed by atoms with Gasteiger partial charge >= 0.3 is 6.03 Å². The number of unbranched alkanes of at least 4 members (excludes halogenated alkanes) is 1. The minimum atomic E-state index is 0.0437. The first-order valence-electron chi connectivity index (χ1n) is 5.71. The highest BCUT2D eigenvalue weighted by atomic mass is 16.2. The number of nitrogens with one attached hydrogen (secondary N) is 1. The molecule has 0 aromatic carbocycles. The van der Waals surface area contributed by atoms with Gasteiger partial charge in [0.25, 0.3) is 0 Å². The lowest BCUT2D eigenvalue weighted by atomic mass is 10.3. The van der Waals surface area contributed by atoms with Crippen LogP contribution in [0.3, 0.4) is 0 Å². The Balaban J connectivity index is 3.51. The van der Waals surface area contributed by atoms with Gasteiger partial charge in [-0.1, -0.05) is 13.3 Å². The Morgan fingerprint density at radius 3 is 2.33 bits per heavy atom. The van der Waals surface area contributed by atoms with Crippen molar-refractivity contribution in [1.82, 2.24) is 15.1 Å². The highest BCUT2D eigenvalue weighted by Crippen LogP contribution is 1.91. The molecule has 0 aromatic rings. The summed E-state index contributed by atoms with van der Waals surface area (Å²) in [7, 11) is 5.93. The molecule has 0 heterocycles. The number of carbonyl (C=O) groups excluding carboxylic acids is 1. The van der Waals surface area contributed by atoms with Crippen LogP contribution in [0.1, 0.15) is 26.2 Å². The molecule has 4 heteroatoms. The van der Waals surface area contributed by atoms with E-state index in [9.17, 15) is 4.79 Å². The number of rotatable bonds is 7. The number of nitrogens with zero attached hydrogens (tertiary/aromatic N) is 2. The molecule has 1 N–H and O–H groups in total. The third kappa shape index (κ3) is 8.24. The molecule has 0 aliphatic carbocycles. The van der Waals surface area contributed by atoms with E-state index < -0.39 is 0 Å². The Labute approximate surface area is 93.6 Å². The Morgan fingerprint density at radius 1 is 1.13 bits per heavy atom. The molecule has 0 saturated heterocycles. The van der Waals surface area contributed by atoms with E-state index >= 15 is 0 Å². The van der Waals surface area contributed by atoms with E-state index in [1.54, 1.807) is 4.90 Å². The third-order valence-electron chi connectivity index (χ3n) is 2.25. The van der Waals surface area contributed by atoms with Gasteiger partial charge in [-0.3, -0.25) is 0 Å². The van der Waals surface area contributed by atoms with Crippen LogP contribution in [0.15, 0.2) is 0 Å². The van der Waals surface area contributed by atoms with Crippen molar-refractivity contribution in [2.24, 2.45) is 0 Å². The molecule has 0 fully saturated rings. The van der Waals surface area contributed by atoms with Crippen LogP contribution in [0.5, 0.6) is 0 Å². The Hall–Kier alpha value is -0.770. The highest BCUT2D eigenvalue weighted by Gasteiger charge is 2.06. The van der Waals surface area contributed by atoms with Gasteiger partial charge in [0.1, 0.15) is 0 Å². The Bertz CT molecular complexity index is 171. The van der Waals surface area contributed by atoms with Crippen molar-refractivity contribution in [2.45, 2.75) is 26.2 Å². The van der Waals surface area contributed by atoms with Gasteiger partial charge in [-0.25, -0.2) is 4.79 Å². The summed E-state index contributed by atoms with van der Waals surface area (Å²) in [6, 6.07) is 0.0437. The van der Waals surface area contributed by atoms with E-state index in [2.05, 4.69) is 17.1 Å². The summed E-state index contributed by atoms with van der Waals surface area (Å²) < 4.78 is 0. The molecule has 0 saturated carbocycles. The van der Waals surface area contributed by atoms with Gasteiger partial charge in [0, 0.05) is 20.1 Å². The normalized spacial score (nSPS) is 10.5. The van der Waals surface area contributed by atoms with Crippen molar-refractivity contribution in [2.75, 3.05) is 40.8 Å². The summed E-state index contributed by atoms with van der Waals surface area (Å²) in [4.78, 5) is 15.4. The van der Waals surface area contributed by atoms with Crippen molar-refractivity contribution in [3.63, 3.8) is 0 Å². The molecular weight excluding hydrogens is 190 g/mol. The zero-order valence-electron chi connectivity index (χ0n) is 10.5. The topological polar surface area (TPSA) is 35.6 Å². The number of amides is 2. The fourth-order valence-electron chi connectivity index (χ4n) is 1.23. The van der Waals surface area contributed by atoms with Crippen molar-refractivity contribution < 1.29 is 4.79 Å². The van der Waals surface area contributed by atoms with E-state index in [0.717, 1.165) is 38.9 Å². The number of hydrogen-bond donors (Lipinski definition) is 1. The van der Waals surface area contributed by atoms with Gasteiger partial charge < -0.3 is 15.1 Å². The second kappa shape index (κ2) is 8.53. The van der Waals surface area contributed by atoms with Crippen molar-refractivity contribution in [1.29, 1.82) is 0 Å². The van der Waals surface area contributed by atoms with E-state index in [1.807, 2.05) is 21.1 Å². The minimum Gasteiger partial charge on any atom is -0.338 e. The van der Waals surface area contributed by atoms with Crippen LogP contribution >= 0.6 is 0 Å². The maximum atomic E-state index is 11.5. The number of hydrogen-bond acceptors (Lipinski definition) is 2. The summed E-state index contributed by atoms with van der Waals surface area (Å²) in [6.45, 7) is 4.74. The quantitative estimate of drug-likeness (QED) is 0.651. The first kappa shape index (κ1) is 14.2. The lowest BCUT2D eigenvalue weighted by Crippen LogP contribution is -2.38.